The van der Waals surface area contributed by atoms with Crippen molar-refractivity contribution in [3.63, 3.8) is 0 Å². The van der Waals surface area contributed by atoms with Crippen molar-refractivity contribution in [2.45, 2.75) is 20.3 Å². The van der Waals surface area contributed by atoms with Crippen molar-refractivity contribution in [1.29, 1.82) is 0 Å². The van der Waals surface area contributed by atoms with Gasteiger partial charge in [-0.3, -0.25) is 4.79 Å². The number of carbonyl (C=O) groups excluding carboxylic acids is 1. The van der Waals surface area contributed by atoms with Crippen LogP contribution in [0.25, 0.3) is 0 Å². The highest BCUT2D eigenvalue weighted by Gasteiger charge is 2.06. The summed E-state index contributed by atoms with van der Waals surface area (Å²) in [5, 5.41) is 6.11. The molecule has 2 aromatic carbocycles. The van der Waals surface area contributed by atoms with Gasteiger partial charge >= 0.3 is 0 Å². The summed E-state index contributed by atoms with van der Waals surface area (Å²) in [6.45, 7) is 4.94. The molecule has 5 heteroatoms. The normalized spacial score (nSPS) is 10.2. The molecule has 0 atom stereocenters. The highest BCUT2D eigenvalue weighted by molar-refractivity contribution is 5.81. The van der Waals surface area contributed by atoms with Crippen LogP contribution in [0.5, 0.6) is 11.5 Å². The molecule has 0 heterocycles. The lowest BCUT2D eigenvalue weighted by Crippen LogP contribution is -2.31. The van der Waals surface area contributed by atoms with Crippen LogP contribution >= 0.6 is 0 Å². The number of nitrogens with one attached hydrogen (secondary N) is 2. The Kier molecular flexibility index (Phi) is 6.69. The number of hydrogen-bond acceptors (Lipinski definition) is 4. The monoisotopic (exact) mass is 342 g/mol. The topological polar surface area (TPSA) is 59.6 Å². The number of hydrogen-bond donors (Lipinski definition) is 2. The van der Waals surface area contributed by atoms with Gasteiger partial charge < -0.3 is 20.1 Å². The lowest BCUT2D eigenvalue weighted by Gasteiger charge is -2.12. The number of anilines is 1. The van der Waals surface area contributed by atoms with E-state index in [4.69, 9.17) is 9.47 Å². The Morgan fingerprint density at radius 3 is 2.52 bits per heavy atom. The van der Waals surface area contributed by atoms with E-state index in [0.717, 1.165) is 17.7 Å². The van der Waals surface area contributed by atoms with Crippen molar-refractivity contribution in [3.05, 3.63) is 53.1 Å². The van der Waals surface area contributed by atoms with Gasteiger partial charge in [-0.15, -0.1) is 0 Å². The van der Waals surface area contributed by atoms with Gasteiger partial charge in [0.05, 0.1) is 20.8 Å². The molecule has 0 spiro atoms. The minimum absolute atomic E-state index is 0.0265. The maximum atomic E-state index is 12.0. The number of methoxy groups -OCH3 is 2. The second-order valence-electron chi connectivity index (χ2n) is 5.89. The zero-order valence-electron chi connectivity index (χ0n) is 15.3. The maximum Gasteiger partial charge on any atom is 0.239 e. The third-order valence-corrected chi connectivity index (χ3v) is 4.23. The van der Waals surface area contributed by atoms with E-state index in [0.29, 0.717) is 18.0 Å². The summed E-state index contributed by atoms with van der Waals surface area (Å²) < 4.78 is 10.5. The van der Waals surface area contributed by atoms with Gasteiger partial charge in [0.1, 0.15) is 0 Å². The molecule has 0 aliphatic heterocycles. The van der Waals surface area contributed by atoms with Crippen molar-refractivity contribution < 1.29 is 14.3 Å². The fraction of sp³-hybridized carbons (Fsp3) is 0.350. The number of amides is 1. The van der Waals surface area contributed by atoms with E-state index < -0.39 is 0 Å². The number of rotatable bonds is 8. The summed E-state index contributed by atoms with van der Waals surface area (Å²) >= 11 is 0. The fourth-order valence-electron chi connectivity index (χ4n) is 2.56. The predicted molar refractivity (Wildman–Crippen MR) is 101 cm³/mol. The summed E-state index contributed by atoms with van der Waals surface area (Å²) in [5.41, 5.74) is 4.45. The predicted octanol–water partition coefficient (Wildman–Crippen LogP) is 3.09. The fourth-order valence-corrected chi connectivity index (χ4v) is 2.56. The molecule has 0 saturated carbocycles. The molecule has 25 heavy (non-hydrogen) atoms. The third-order valence-electron chi connectivity index (χ3n) is 4.23. The van der Waals surface area contributed by atoms with Gasteiger partial charge in [0.25, 0.3) is 0 Å². The Hall–Kier alpha value is -2.69. The van der Waals surface area contributed by atoms with Gasteiger partial charge in [-0.1, -0.05) is 18.2 Å². The quantitative estimate of drug-likeness (QED) is 0.774. The van der Waals surface area contributed by atoms with Crippen LogP contribution in [0.4, 0.5) is 5.69 Å². The first-order valence-corrected chi connectivity index (χ1v) is 8.33. The minimum Gasteiger partial charge on any atom is -0.493 e. The number of benzene rings is 2. The SMILES string of the molecule is COc1ccc(CCNC(=O)CNc2cccc(C)c2C)cc1OC. The molecule has 2 rings (SSSR count). The zero-order valence-corrected chi connectivity index (χ0v) is 15.3. The van der Waals surface area contributed by atoms with Crippen LogP contribution in [0, 0.1) is 13.8 Å². The highest BCUT2D eigenvalue weighted by atomic mass is 16.5. The number of ether oxygens (including phenoxy) is 2. The molecule has 0 saturated heterocycles. The molecular formula is C20H26N2O3. The summed E-state index contributed by atoms with van der Waals surface area (Å²) in [6.07, 6.45) is 0.732. The Morgan fingerprint density at radius 2 is 1.80 bits per heavy atom. The second kappa shape index (κ2) is 8.97. The number of carbonyl (C=O) groups is 1. The van der Waals surface area contributed by atoms with Crippen LogP contribution in [0.3, 0.4) is 0 Å². The van der Waals surface area contributed by atoms with Crippen molar-refractivity contribution >= 4 is 11.6 Å². The first-order valence-electron chi connectivity index (χ1n) is 8.33. The first kappa shape index (κ1) is 18.6. The standard InChI is InChI=1S/C20H26N2O3/c1-14-6-5-7-17(15(14)2)22-13-20(23)21-11-10-16-8-9-18(24-3)19(12-16)25-4/h5-9,12,22H,10-11,13H2,1-4H3,(H,21,23). The van der Waals surface area contributed by atoms with E-state index >= 15 is 0 Å². The average molecular weight is 342 g/mol. The van der Waals surface area contributed by atoms with Crippen molar-refractivity contribution in [3.8, 4) is 11.5 Å². The Labute approximate surface area is 149 Å². The van der Waals surface area contributed by atoms with Crippen LogP contribution in [0.15, 0.2) is 36.4 Å². The Bertz CT molecular complexity index is 729. The molecule has 1 amide bonds. The lowest BCUT2D eigenvalue weighted by atomic mass is 10.1. The summed E-state index contributed by atoms with van der Waals surface area (Å²) in [5.74, 6) is 1.37. The van der Waals surface area contributed by atoms with Gasteiger partial charge in [-0.2, -0.15) is 0 Å². The summed E-state index contributed by atoms with van der Waals surface area (Å²) in [7, 11) is 3.23. The maximum absolute atomic E-state index is 12.0. The molecule has 2 aromatic rings. The Morgan fingerprint density at radius 1 is 1.04 bits per heavy atom. The summed E-state index contributed by atoms with van der Waals surface area (Å²) in [6, 6.07) is 11.8. The van der Waals surface area contributed by atoms with Crippen LogP contribution < -0.4 is 20.1 Å². The summed E-state index contributed by atoms with van der Waals surface area (Å²) in [4.78, 5) is 12.0. The number of aryl methyl sites for hydroxylation is 1. The highest BCUT2D eigenvalue weighted by Crippen LogP contribution is 2.27. The van der Waals surface area contributed by atoms with Crippen LogP contribution in [-0.4, -0.2) is 33.2 Å². The Balaban J connectivity index is 1.80. The molecule has 0 aliphatic rings. The van der Waals surface area contributed by atoms with E-state index in [-0.39, 0.29) is 12.5 Å². The van der Waals surface area contributed by atoms with E-state index in [1.807, 2.05) is 37.3 Å². The minimum atomic E-state index is -0.0265. The molecule has 0 unspecified atom stereocenters. The van der Waals surface area contributed by atoms with Gasteiger partial charge in [-0.25, -0.2) is 0 Å². The first-order chi connectivity index (χ1) is 12.0. The largest absolute Gasteiger partial charge is 0.493 e. The molecule has 0 fully saturated rings. The van der Waals surface area contributed by atoms with Crippen LogP contribution in [-0.2, 0) is 11.2 Å². The van der Waals surface area contributed by atoms with Crippen LogP contribution in [0.2, 0.25) is 0 Å². The molecule has 0 aromatic heterocycles. The smallest absolute Gasteiger partial charge is 0.239 e. The second-order valence-corrected chi connectivity index (χ2v) is 5.89. The molecule has 0 aliphatic carbocycles. The van der Waals surface area contributed by atoms with E-state index in [9.17, 15) is 4.79 Å². The van der Waals surface area contributed by atoms with Crippen molar-refractivity contribution in [2.75, 3.05) is 32.6 Å². The molecule has 134 valence electrons. The third kappa shape index (κ3) is 5.14. The van der Waals surface area contributed by atoms with Crippen molar-refractivity contribution in [2.24, 2.45) is 0 Å². The van der Waals surface area contributed by atoms with E-state index in [2.05, 4.69) is 23.6 Å². The lowest BCUT2D eigenvalue weighted by molar-refractivity contribution is -0.119. The van der Waals surface area contributed by atoms with Gasteiger partial charge in [0.15, 0.2) is 11.5 Å². The van der Waals surface area contributed by atoms with Gasteiger partial charge in [0, 0.05) is 12.2 Å². The van der Waals surface area contributed by atoms with E-state index in [1.165, 1.54) is 11.1 Å². The van der Waals surface area contributed by atoms with Crippen LogP contribution in [0.1, 0.15) is 16.7 Å². The molecule has 5 nitrogen and oxygen atoms in total. The van der Waals surface area contributed by atoms with E-state index in [1.54, 1.807) is 14.2 Å². The van der Waals surface area contributed by atoms with Gasteiger partial charge in [0.2, 0.25) is 5.91 Å². The molecular weight excluding hydrogens is 316 g/mol. The molecule has 2 N–H and O–H groups in total. The van der Waals surface area contributed by atoms with Crippen molar-refractivity contribution in [1.82, 2.24) is 5.32 Å². The van der Waals surface area contributed by atoms with Gasteiger partial charge in [-0.05, 0) is 55.2 Å². The molecule has 0 bridgehead atoms. The average Bonchev–Trinajstić information content (AvgIpc) is 2.62. The zero-order chi connectivity index (χ0) is 18.2. The molecule has 0 radical (unpaired) electrons.